The maximum Gasteiger partial charge on any atom is 0.305 e. The molecule has 0 aromatic carbocycles. The van der Waals surface area contributed by atoms with Gasteiger partial charge in [0, 0.05) is 6.42 Å². The number of aliphatic hydroxyl groups excluding tert-OH is 2. The molecule has 0 unspecified atom stereocenters. The van der Waals surface area contributed by atoms with Crippen LogP contribution in [-0.2, 0) is 9.53 Å². The standard InChI is InChI=1S/C14H24O4/c15-9-10-18-14(17)6-4-2-1-3-5-12-7-8-13(16)11-12/h1,3,12-13,15-16H,2,4-11H2/b3-1-/t12-,13+/m0/s1. The maximum absolute atomic E-state index is 11.1. The van der Waals surface area contributed by atoms with Crippen LogP contribution in [0.5, 0.6) is 0 Å². The molecule has 2 atom stereocenters. The minimum absolute atomic E-state index is 0.0929. The molecule has 18 heavy (non-hydrogen) atoms. The van der Waals surface area contributed by atoms with E-state index in [9.17, 15) is 9.90 Å². The Labute approximate surface area is 109 Å². The molecule has 1 aliphatic rings. The molecule has 1 fully saturated rings. The van der Waals surface area contributed by atoms with Gasteiger partial charge in [-0.15, -0.1) is 0 Å². The van der Waals surface area contributed by atoms with Gasteiger partial charge < -0.3 is 14.9 Å². The van der Waals surface area contributed by atoms with Crippen LogP contribution >= 0.6 is 0 Å². The largest absolute Gasteiger partial charge is 0.463 e. The number of rotatable bonds is 8. The average molecular weight is 256 g/mol. The van der Waals surface area contributed by atoms with E-state index >= 15 is 0 Å². The van der Waals surface area contributed by atoms with E-state index in [1.807, 2.05) is 0 Å². The lowest BCUT2D eigenvalue weighted by atomic mass is 10.0. The summed E-state index contributed by atoms with van der Waals surface area (Å²) in [5.74, 6) is 0.391. The first-order chi connectivity index (χ1) is 8.72. The molecule has 0 aromatic rings. The number of esters is 1. The summed E-state index contributed by atoms with van der Waals surface area (Å²) in [5.41, 5.74) is 0. The van der Waals surface area contributed by atoms with Crippen molar-refractivity contribution in [2.24, 2.45) is 5.92 Å². The van der Waals surface area contributed by atoms with Gasteiger partial charge in [0.05, 0.1) is 12.7 Å². The van der Waals surface area contributed by atoms with Crippen LogP contribution < -0.4 is 0 Å². The second-order valence-electron chi connectivity index (χ2n) is 4.88. The molecule has 0 spiro atoms. The quantitative estimate of drug-likeness (QED) is 0.395. The number of carbonyl (C=O) groups excluding carboxylic acids is 1. The zero-order chi connectivity index (χ0) is 13.2. The summed E-state index contributed by atoms with van der Waals surface area (Å²) in [7, 11) is 0. The van der Waals surface area contributed by atoms with E-state index < -0.39 is 0 Å². The topological polar surface area (TPSA) is 66.8 Å². The van der Waals surface area contributed by atoms with Crippen molar-refractivity contribution in [1.82, 2.24) is 0 Å². The molecular weight excluding hydrogens is 232 g/mol. The molecule has 0 amide bonds. The third kappa shape index (κ3) is 6.77. The average Bonchev–Trinajstić information content (AvgIpc) is 2.77. The number of allylic oxidation sites excluding steroid dienone is 2. The van der Waals surface area contributed by atoms with Gasteiger partial charge in [-0.2, -0.15) is 0 Å². The molecule has 1 saturated carbocycles. The fraction of sp³-hybridized carbons (Fsp3) is 0.786. The monoisotopic (exact) mass is 256 g/mol. The Balaban J connectivity index is 1.95. The second kappa shape index (κ2) is 9.11. The van der Waals surface area contributed by atoms with Crippen LogP contribution in [0.25, 0.3) is 0 Å². The van der Waals surface area contributed by atoms with E-state index in [0.717, 1.165) is 38.5 Å². The Kier molecular flexibility index (Phi) is 7.69. The molecular formula is C14H24O4. The summed E-state index contributed by atoms with van der Waals surface area (Å²) in [6, 6.07) is 0. The smallest absolute Gasteiger partial charge is 0.305 e. The number of aliphatic hydroxyl groups is 2. The molecule has 1 rings (SSSR count). The molecule has 4 heteroatoms. The van der Waals surface area contributed by atoms with Gasteiger partial charge in [-0.1, -0.05) is 12.2 Å². The highest BCUT2D eigenvalue weighted by atomic mass is 16.5. The van der Waals surface area contributed by atoms with E-state index in [0.29, 0.717) is 12.3 Å². The maximum atomic E-state index is 11.1. The fourth-order valence-electron chi connectivity index (χ4n) is 2.27. The van der Waals surface area contributed by atoms with E-state index in [2.05, 4.69) is 12.2 Å². The minimum atomic E-state index is -0.239. The second-order valence-corrected chi connectivity index (χ2v) is 4.88. The highest BCUT2D eigenvalue weighted by Crippen LogP contribution is 2.28. The first kappa shape index (κ1) is 15.2. The summed E-state index contributed by atoms with van der Waals surface area (Å²) < 4.78 is 4.75. The zero-order valence-corrected chi connectivity index (χ0v) is 10.9. The van der Waals surface area contributed by atoms with Crippen LogP contribution in [0.4, 0.5) is 0 Å². The van der Waals surface area contributed by atoms with Crippen molar-refractivity contribution < 1.29 is 19.7 Å². The van der Waals surface area contributed by atoms with Crippen LogP contribution in [0.3, 0.4) is 0 Å². The minimum Gasteiger partial charge on any atom is -0.463 e. The third-order valence-electron chi connectivity index (χ3n) is 3.26. The molecule has 0 saturated heterocycles. The normalized spacial score (nSPS) is 23.7. The summed E-state index contributed by atoms with van der Waals surface area (Å²) in [6.45, 7) is -0.0163. The van der Waals surface area contributed by atoms with Crippen LogP contribution in [0.1, 0.15) is 44.9 Å². The lowest BCUT2D eigenvalue weighted by molar-refractivity contribution is -0.144. The highest BCUT2D eigenvalue weighted by molar-refractivity contribution is 5.69. The van der Waals surface area contributed by atoms with Gasteiger partial charge >= 0.3 is 5.97 Å². The first-order valence-corrected chi connectivity index (χ1v) is 6.82. The van der Waals surface area contributed by atoms with E-state index in [4.69, 9.17) is 9.84 Å². The lowest BCUT2D eigenvalue weighted by Gasteiger charge is -2.04. The zero-order valence-electron chi connectivity index (χ0n) is 10.9. The van der Waals surface area contributed by atoms with Gasteiger partial charge in [0.15, 0.2) is 0 Å². The van der Waals surface area contributed by atoms with Crippen molar-refractivity contribution >= 4 is 5.97 Å². The molecule has 0 bridgehead atoms. The predicted octanol–water partition coefficient (Wildman–Crippen LogP) is 1.80. The molecule has 4 nitrogen and oxygen atoms in total. The SMILES string of the molecule is O=C(CCC/C=C\C[C@H]1CC[C@@H](O)C1)OCCO. The molecule has 0 aliphatic heterocycles. The Morgan fingerprint density at radius 1 is 1.33 bits per heavy atom. The van der Waals surface area contributed by atoms with Crippen LogP contribution in [0.15, 0.2) is 12.2 Å². The number of ether oxygens (including phenoxy) is 1. The molecule has 0 aromatic heterocycles. The van der Waals surface area contributed by atoms with E-state index in [-0.39, 0.29) is 25.3 Å². The Morgan fingerprint density at radius 2 is 2.17 bits per heavy atom. The number of unbranched alkanes of at least 4 members (excludes halogenated alkanes) is 1. The highest BCUT2D eigenvalue weighted by Gasteiger charge is 2.21. The summed E-state index contributed by atoms with van der Waals surface area (Å²) in [6.07, 6.45) is 10.3. The Bertz CT molecular complexity index is 263. The summed E-state index contributed by atoms with van der Waals surface area (Å²) >= 11 is 0. The fourth-order valence-corrected chi connectivity index (χ4v) is 2.27. The van der Waals surface area contributed by atoms with Crippen LogP contribution in [0, 0.1) is 5.92 Å². The summed E-state index contributed by atoms with van der Waals surface area (Å²) in [4.78, 5) is 11.1. The molecule has 2 N–H and O–H groups in total. The van der Waals surface area contributed by atoms with Crippen LogP contribution in [-0.4, -0.2) is 35.5 Å². The van der Waals surface area contributed by atoms with Gasteiger partial charge in [-0.3, -0.25) is 4.79 Å². The van der Waals surface area contributed by atoms with Crippen molar-refractivity contribution in [2.75, 3.05) is 13.2 Å². The predicted molar refractivity (Wildman–Crippen MR) is 69.0 cm³/mol. The molecule has 0 heterocycles. The van der Waals surface area contributed by atoms with Crippen molar-refractivity contribution in [3.8, 4) is 0 Å². The Morgan fingerprint density at radius 3 is 2.83 bits per heavy atom. The van der Waals surface area contributed by atoms with Crippen molar-refractivity contribution in [1.29, 1.82) is 0 Å². The van der Waals surface area contributed by atoms with Gasteiger partial charge in [-0.25, -0.2) is 0 Å². The number of hydrogen-bond donors (Lipinski definition) is 2. The first-order valence-electron chi connectivity index (χ1n) is 6.82. The number of carbonyl (C=O) groups is 1. The molecule has 104 valence electrons. The van der Waals surface area contributed by atoms with Crippen molar-refractivity contribution in [3.05, 3.63) is 12.2 Å². The molecule has 1 aliphatic carbocycles. The van der Waals surface area contributed by atoms with Gasteiger partial charge in [0.2, 0.25) is 0 Å². The Hall–Kier alpha value is -0.870. The lowest BCUT2D eigenvalue weighted by Crippen LogP contribution is -2.07. The van der Waals surface area contributed by atoms with Gasteiger partial charge in [-0.05, 0) is 44.4 Å². The number of hydrogen-bond acceptors (Lipinski definition) is 4. The van der Waals surface area contributed by atoms with Gasteiger partial charge in [0.1, 0.15) is 6.61 Å². The third-order valence-corrected chi connectivity index (χ3v) is 3.26. The van der Waals surface area contributed by atoms with E-state index in [1.165, 1.54) is 0 Å². The molecule has 0 radical (unpaired) electrons. The van der Waals surface area contributed by atoms with Crippen LogP contribution in [0.2, 0.25) is 0 Å². The van der Waals surface area contributed by atoms with Crippen molar-refractivity contribution in [3.63, 3.8) is 0 Å². The van der Waals surface area contributed by atoms with E-state index in [1.54, 1.807) is 0 Å². The summed E-state index contributed by atoms with van der Waals surface area (Å²) in [5, 5.41) is 17.9. The van der Waals surface area contributed by atoms with Crippen molar-refractivity contribution in [2.45, 2.75) is 51.0 Å². The van der Waals surface area contributed by atoms with Gasteiger partial charge in [0.25, 0.3) is 0 Å².